The highest BCUT2D eigenvalue weighted by Gasteiger charge is 2.29. The van der Waals surface area contributed by atoms with Crippen molar-refractivity contribution in [2.24, 2.45) is 0 Å². The topological polar surface area (TPSA) is 135 Å². The molecule has 4 aromatic heterocycles. The normalized spacial score (nSPS) is 16.5. The average molecular weight is 616 g/mol. The number of hydrogen-bond donors (Lipinski definition) is 0. The van der Waals surface area contributed by atoms with E-state index in [1.165, 1.54) is 0 Å². The summed E-state index contributed by atoms with van der Waals surface area (Å²) >= 11 is 0. The standard InChI is InChI=1S/C34H33N9O3/c1-46-33(23-5-3-2-4-6-23)34(45)41-15-13-40(14-16-41)30-12-7-24(18-36-30)31-32-25(17-35)19-38-43(32)22-29(39-31)26-20-37-42(21-26)27-8-10-28(44)11-9-27/h2-7,12,18-22,27,33H,8-11,13-16H2,1H3. The molecule has 0 N–H and O–H groups in total. The number of ketones is 1. The fourth-order valence-electron chi connectivity index (χ4n) is 6.34. The number of amides is 1. The summed E-state index contributed by atoms with van der Waals surface area (Å²) < 4.78 is 9.17. The molecule has 1 aliphatic carbocycles. The summed E-state index contributed by atoms with van der Waals surface area (Å²) in [5.74, 6) is 1.07. The van der Waals surface area contributed by atoms with Crippen molar-refractivity contribution >= 4 is 23.0 Å². The molecule has 46 heavy (non-hydrogen) atoms. The number of Topliss-reactive ketones (excluding diaryl/α,β-unsaturated/α-hetero) is 1. The van der Waals surface area contributed by atoms with Crippen LogP contribution >= 0.6 is 0 Å². The molecule has 232 valence electrons. The van der Waals surface area contributed by atoms with Gasteiger partial charge in [-0.15, -0.1) is 0 Å². The van der Waals surface area contributed by atoms with E-state index in [1.807, 2.05) is 58.2 Å². The Hall–Kier alpha value is -5.41. The predicted molar refractivity (Wildman–Crippen MR) is 170 cm³/mol. The maximum Gasteiger partial charge on any atom is 0.256 e. The van der Waals surface area contributed by atoms with Crippen molar-refractivity contribution in [3.05, 3.63) is 84.6 Å². The van der Waals surface area contributed by atoms with E-state index in [0.717, 1.165) is 35.3 Å². The third-order valence-electron chi connectivity index (χ3n) is 8.90. The molecule has 0 bridgehead atoms. The smallest absolute Gasteiger partial charge is 0.256 e. The van der Waals surface area contributed by atoms with E-state index in [1.54, 1.807) is 36.4 Å². The zero-order valence-electron chi connectivity index (χ0n) is 25.5. The number of piperazine rings is 1. The molecule has 7 rings (SSSR count). The molecule has 5 heterocycles. The molecule has 12 nitrogen and oxygen atoms in total. The van der Waals surface area contributed by atoms with Gasteiger partial charge in [-0.05, 0) is 30.5 Å². The third-order valence-corrected chi connectivity index (χ3v) is 8.90. The molecule has 1 aromatic carbocycles. The fraction of sp³-hybridized carbons (Fsp3) is 0.324. The number of benzene rings is 1. The van der Waals surface area contributed by atoms with Gasteiger partial charge in [-0.1, -0.05) is 30.3 Å². The molecule has 0 spiro atoms. The van der Waals surface area contributed by atoms with E-state index in [9.17, 15) is 14.9 Å². The minimum Gasteiger partial charge on any atom is -0.367 e. The fourth-order valence-corrected chi connectivity index (χ4v) is 6.34. The Balaban J connectivity index is 1.10. The lowest BCUT2D eigenvalue weighted by Crippen LogP contribution is -2.50. The van der Waals surface area contributed by atoms with Gasteiger partial charge in [0.15, 0.2) is 6.10 Å². The molecule has 1 atom stereocenters. The predicted octanol–water partition coefficient (Wildman–Crippen LogP) is 4.25. The first-order valence-electron chi connectivity index (χ1n) is 15.4. The van der Waals surface area contributed by atoms with Crippen LogP contribution in [0.15, 0.2) is 73.4 Å². The molecule has 1 aliphatic heterocycles. The Kier molecular flexibility index (Phi) is 7.98. The number of methoxy groups -OCH3 is 1. The van der Waals surface area contributed by atoms with Crippen molar-refractivity contribution in [1.29, 1.82) is 5.26 Å². The van der Waals surface area contributed by atoms with E-state index < -0.39 is 6.10 Å². The maximum absolute atomic E-state index is 13.2. The lowest BCUT2D eigenvalue weighted by molar-refractivity contribution is -0.142. The zero-order chi connectivity index (χ0) is 31.6. The summed E-state index contributed by atoms with van der Waals surface area (Å²) in [6.07, 6.45) is 11.0. The van der Waals surface area contributed by atoms with Crippen molar-refractivity contribution in [2.75, 3.05) is 38.2 Å². The highest BCUT2D eigenvalue weighted by molar-refractivity contribution is 5.84. The van der Waals surface area contributed by atoms with Crippen LogP contribution in [-0.4, -0.2) is 79.2 Å². The second-order valence-electron chi connectivity index (χ2n) is 11.7. The van der Waals surface area contributed by atoms with Crippen LogP contribution in [0.4, 0.5) is 5.82 Å². The van der Waals surface area contributed by atoms with Crippen LogP contribution in [0.25, 0.3) is 28.0 Å². The quantitative estimate of drug-likeness (QED) is 0.263. The molecule has 1 saturated carbocycles. The van der Waals surface area contributed by atoms with Crippen molar-refractivity contribution in [3.8, 4) is 28.6 Å². The Morgan fingerprint density at radius 3 is 2.43 bits per heavy atom. The van der Waals surface area contributed by atoms with Crippen LogP contribution in [0.1, 0.15) is 49.0 Å². The number of nitrogens with zero attached hydrogens (tertiary/aromatic N) is 9. The van der Waals surface area contributed by atoms with Gasteiger partial charge in [0.25, 0.3) is 5.91 Å². The largest absolute Gasteiger partial charge is 0.367 e. The van der Waals surface area contributed by atoms with E-state index >= 15 is 0 Å². The van der Waals surface area contributed by atoms with E-state index in [4.69, 9.17) is 14.7 Å². The molecule has 2 fully saturated rings. The Bertz CT molecular complexity index is 1910. The second-order valence-corrected chi connectivity index (χ2v) is 11.7. The lowest BCUT2D eigenvalue weighted by atomic mass is 9.94. The minimum absolute atomic E-state index is 0.0416. The summed E-state index contributed by atoms with van der Waals surface area (Å²) in [7, 11) is 1.56. The number of aromatic nitrogens is 6. The first-order chi connectivity index (χ1) is 22.5. The van der Waals surface area contributed by atoms with Crippen LogP contribution in [0.3, 0.4) is 0 Å². The maximum atomic E-state index is 13.2. The van der Waals surface area contributed by atoms with E-state index in [-0.39, 0.29) is 11.9 Å². The third kappa shape index (κ3) is 5.61. The van der Waals surface area contributed by atoms with Gasteiger partial charge in [-0.25, -0.2) is 14.5 Å². The van der Waals surface area contributed by atoms with Gasteiger partial charge >= 0.3 is 0 Å². The van der Waals surface area contributed by atoms with Crippen molar-refractivity contribution in [1.82, 2.24) is 34.3 Å². The molecule has 1 unspecified atom stereocenters. The van der Waals surface area contributed by atoms with Gasteiger partial charge < -0.3 is 14.5 Å². The summed E-state index contributed by atoms with van der Waals surface area (Å²) in [4.78, 5) is 38.7. The monoisotopic (exact) mass is 615 g/mol. The molecular weight excluding hydrogens is 582 g/mol. The van der Waals surface area contributed by atoms with Gasteiger partial charge in [0.2, 0.25) is 0 Å². The highest BCUT2D eigenvalue weighted by atomic mass is 16.5. The highest BCUT2D eigenvalue weighted by Crippen LogP contribution is 2.31. The number of anilines is 1. The van der Waals surface area contributed by atoms with Crippen LogP contribution in [0.5, 0.6) is 0 Å². The molecule has 2 aliphatic rings. The summed E-state index contributed by atoms with van der Waals surface area (Å²) in [6.45, 7) is 2.40. The van der Waals surface area contributed by atoms with Crippen molar-refractivity contribution in [2.45, 2.75) is 37.8 Å². The van der Waals surface area contributed by atoms with E-state index in [0.29, 0.717) is 67.3 Å². The number of fused-ring (bicyclic) bond motifs is 1. The Morgan fingerprint density at radius 2 is 1.74 bits per heavy atom. The molecule has 0 radical (unpaired) electrons. The molecule has 5 aromatic rings. The van der Waals surface area contributed by atoms with Crippen LogP contribution in [-0.2, 0) is 14.3 Å². The van der Waals surface area contributed by atoms with Crippen molar-refractivity contribution < 1.29 is 14.3 Å². The Labute approximate surface area is 265 Å². The summed E-state index contributed by atoms with van der Waals surface area (Å²) in [6, 6.07) is 15.9. The van der Waals surface area contributed by atoms with Crippen LogP contribution < -0.4 is 4.90 Å². The average Bonchev–Trinajstić information content (AvgIpc) is 3.77. The number of carbonyl (C=O) groups is 2. The zero-order valence-corrected chi connectivity index (χ0v) is 25.5. The van der Waals surface area contributed by atoms with Gasteiger partial charge in [-0.3, -0.25) is 14.3 Å². The molecule has 1 saturated heterocycles. The van der Waals surface area contributed by atoms with Gasteiger partial charge in [0.05, 0.1) is 36.0 Å². The molecule has 12 heteroatoms. The SMILES string of the molecule is COC(C(=O)N1CCN(c2ccc(-c3nc(-c4cnn(C5CCC(=O)CC5)c4)cn4ncc(C#N)c34)cn2)CC1)c1ccccc1. The molecular formula is C34H33N9O3. The van der Waals surface area contributed by atoms with Crippen LogP contribution in [0, 0.1) is 11.3 Å². The lowest BCUT2D eigenvalue weighted by Gasteiger charge is -2.36. The number of rotatable bonds is 7. The number of pyridine rings is 1. The first-order valence-corrected chi connectivity index (χ1v) is 15.4. The first kappa shape index (κ1) is 29.3. The summed E-state index contributed by atoms with van der Waals surface area (Å²) in [5.41, 5.74) is 4.73. The summed E-state index contributed by atoms with van der Waals surface area (Å²) in [5, 5.41) is 18.8. The second kappa shape index (κ2) is 12.5. The van der Waals surface area contributed by atoms with Crippen LogP contribution in [0.2, 0.25) is 0 Å². The van der Waals surface area contributed by atoms with E-state index in [2.05, 4.69) is 21.2 Å². The number of ether oxygens (including phenoxy) is 1. The molecule has 1 amide bonds. The minimum atomic E-state index is -0.626. The van der Waals surface area contributed by atoms with Gasteiger partial charge in [0.1, 0.15) is 28.8 Å². The number of carbonyl (C=O) groups excluding carboxylic acids is 2. The van der Waals surface area contributed by atoms with Gasteiger partial charge in [-0.2, -0.15) is 15.5 Å². The number of nitriles is 1. The van der Waals surface area contributed by atoms with Crippen molar-refractivity contribution in [3.63, 3.8) is 0 Å². The Morgan fingerprint density at radius 1 is 0.957 bits per heavy atom. The number of hydrogen-bond acceptors (Lipinski definition) is 9. The van der Waals surface area contributed by atoms with Gasteiger partial charge in [0, 0.05) is 69.7 Å².